The van der Waals surface area contributed by atoms with Gasteiger partial charge in [-0.25, -0.2) is 0 Å². The molecule has 4 heteroatoms. The third kappa shape index (κ3) is 4.20. The third-order valence-electron chi connectivity index (χ3n) is 6.21. The summed E-state index contributed by atoms with van der Waals surface area (Å²) in [4.78, 5) is 2.56. The minimum absolute atomic E-state index is 0.422. The van der Waals surface area contributed by atoms with Crippen LogP contribution in [0.2, 0.25) is 0 Å². The molecule has 0 radical (unpaired) electrons. The summed E-state index contributed by atoms with van der Waals surface area (Å²) >= 11 is 0. The number of hydrogen-bond acceptors (Lipinski definition) is 4. The van der Waals surface area contributed by atoms with Crippen molar-refractivity contribution in [2.75, 3.05) is 19.7 Å². The molecule has 1 unspecified atom stereocenters. The molecule has 1 aromatic heterocycles. The van der Waals surface area contributed by atoms with Crippen molar-refractivity contribution in [3.63, 3.8) is 0 Å². The molecule has 24 heavy (non-hydrogen) atoms. The van der Waals surface area contributed by atoms with E-state index in [4.69, 9.17) is 9.26 Å². The van der Waals surface area contributed by atoms with Gasteiger partial charge in [-0.3, -0.25) is 4.90 Å². The number of nitrogens with zero attached hydrogens (tertiary/aromatic N) is 2. The van der Waals surface area contributed by atoms with Crippen LogP contribution in [0.15, 0.2) is 10.6 Å². The lowest BCUT2D eigenvalue weighted by Gasteiger charge is -2.33. The molecule has 0 N–H and O–H groups in total. The molecule has 0 amide bonds. The van der Waals surface area contributed by atoms with Crippen molar-refractivity contribution in [3.05, 3.63) is 17.5 Å². The SMILES string of the molecule is c1c(C2CCCCC2)noc1CN(CC1CCC1)CC1CCCO1. The van der Waals surface area contributed by atoms with Crippen LogP contribution in [0.3, 0.4) is 0 Å². The zero-order valence-electron chi connectivity index (χ0n) is 14.9. The van der Waals surface area contributed by atoms with Gasteiger partial charge in [-0.15, -0.1) is 0 Å². The minimum atomic E-state index is 0.422. The number of ether oxygens (including phenoxy) is 1. The molecular weight excluding hydrogens is 300 g/mol. The van der Waals surface area contributed by atoms with Crippen molar-refractivity contribution in [2.45, 2.75) is 82.8 Å². The normalized spacial score (nSPS) is 26.1. The summed E-state index contributed by atoms with van der Waals surface area (Å²) in [6.45, 7) is 4.08. The molecule has 2 aliphatic carbocycles. The number of aromatic nitrogens is 1. The maximum Gasteiger partial charge on any atom is 0.150 e. The Morgan fingerprint density at radius 2 is 1.83 bits per heavy atom. The van der Waals surface area contributed by atoms with Crippen LogP contribution in [0.4, 0.5) is 0 Å². The molecule has 0 bridgehead atoms. The van der Waals surface area contributed by atoms with Crippen molar-refractivity contribution in [1.29, 1.82) is 0 Å². The monoisotopic (exact) mass is 332 g/mol. The largest absolute Gasteiger partial charge is 0.377 e. The Morgan fingerprint density at radius 1 is 0.958 bits per heavy atom. The highest BCUT2D eigenvalue weighted by atomic mass is 16.5. The Hall–Kier alpha value is -0.870. The van der Waals surface area contributed by atoms with E-state index in [1.807, 2.05) is 0 Å². The zero-order valence-corrected chi connectivity index (χ0v) is 14.9. The molecule has 0 aromatic carbocycles. The van der Waals surface area contributed by atoms with Gasteiger partial charge >= 0.3 is 0 Å². The Bertz CT molecular complexity index is 499. The van der Waals surface area contributed by atoms with E-state index in [0.29, 0.717) is 12.0 Å². The van der Waals surface area contributed by atoms with E-state index in [0.717, 1.165) is 31.4 Å². The summed E-state index contributed by atoms with van der Waals surface area (Å²) in [6, 6.07) is 2.24. The van der Waals surface area contributed by atoms with E-state index in [-0.39, 0.29) is 0 Å². The van der Waals surface area contributed by atoms with Crippen LogP contribution in [-0.4, -0.2) is 35.9 Å². The second-order valence-corrected chi connectivity index (χ2v) is 8.18. The average Bonchev–Trinajstić information content (AvgIpc) is 3.23. The Kier molecular flexibility index (Phi) is 5.53. The molecule has 1 aliphatic heterocycles. The lowest BCUT2D eigenvalue weighted by Crippen LogP contribution is -2.37. The fourth-order valence-corrected chi connectivity index (χ4v) is 4.54. The molecule has 4 nitrogen and oxygen atoms in total. The highest BCUT2D eigenvalue weighted by Crippen LogP contribution is 2.33. The molecule has 1 atom stereocenters. The molecule has 0 spiro atoms. The summed E-state index contributed by atoms with van der Waals surface area (Å²) in [6.07, 6.45) is 13.7. The van der Waals surface area contributed by atoms with E-state index in [1.54, 1.807) is 0 Å². The molecule has 2 heterocycles. The summed E-state index contributed by atoms with van der Waals surface area (Å²) < 4.78 is 11.6. The summed E-state index contributed by atoms with van der Waals surface area (Å²) in [5.41, 5.74) is 1.20. The van der Waals surface area contributed by atoms with Gasteiger partial charge in [0.25, 0.3) is 0 Å². The quantitative estimate of drug-likeness (QED) is 0.737. The predicted molar refractivity (Wildman–Crippen MR) is 93.9 cm³/mol. The van der Waals surface area contributed by atoms with Crippen LogP contribution in [0, 0.1) is 5.92 Å². The van der Waals surface area contributed by atoms with Crippen LogP contribution >= 0.6 is 0 Å². The van der Waals surface area contributed by atoms with Gasteiger partial charge in [-0.1, -0.05) is 30.8 Å². The fraction of sp³-hybridized carbons (Fsp3) is 0.850. The average molecular weight is 332 g/mol. The summed E-state index contributed by atoms with van der Waals surface area (Å²) in [7, 11) is 0. The van der Waals surface area contributed by atoms with E-state index in [1.165, 1.54) is 76.4 Å². The van der Waals surface area contributed by atoms with Gasteiger partial charge in [0.05, 0.1) is 18.3 Å². The third-order valence-corrected chi connectivity index (χ3v) is 6.21. The molecule has 3 aliphatic rings. The number of hydrogen-bond donors (Lipinski definition) is 0. The van der Waals surface area contributed by atoms with E-state index in [2.05, 4.69) is 16.1 Å². The van der Waals surface area contributed by atoms with Crippen molar-refractivity contribution in [3.8, 4) is 0 Å². The van der Waals surface area contributed by atoms with Crippen LogP contribution in [-0.2, 0) is 11.3 Å². The maximum atomic E-state index is 5.87. The topological polar surface area (TPSA) is 38.5 Å². The molecule has 1 saturated heterocycles. The first-order chi connectivity index (χ1) is 11.9. The van der Waals surface area contributed by atoms with Crippen LogP contribution < -0.4 is 0 Å². The van der Waals surface area contributed by atoms with E-state index in [9.17, 15) is 0 Å². The van der Waals surface area contributed by atoms with Crippen molar-refractivity contribution in [1.82, 2.24) is 10.1 Å². The zero-order chi connectivity index (χ0) is 16.2. The predicted octanol–water partition coefficient (Wildman–Crippen LogP) is 4.50. The summed E-state index contributed by atoms with van der Waals surface area (Å²) in [5, 5.41) is 4.41. The Balaban J connectivity index is 1.36. The van der Waals surface area contributed by atoms with Gasteiger partial charge in [0.1, 0.15) is 0 Å². The van der Waals surface area contributed by atoms with Crippen LogP contribution in [0.1, 0.15) is 81.6 Å². The fourth-order valence-electron chi connectivity index (χ4n) is 4.54. The second-order valence-electron chi connectivity index (χ2n) is 8.18. The highest BCUT2D eigenvalue weighted by molar-refractivity contribution is 5.11. The maximum absolute atomic E-state index is 5.87. The lowest BCUT2D eigenvalue weighted by molar-refractivity contribution is 0.0545. The molecule has 1 aromatic rings. The lowest BCUT2D eigenvalue weighted by atomic mass is 9.85. The first-order valence-electron chi connectivity index (χ1n) is 10.2. The van der Waals surface area contributed by atoms with Gasteiger partial charge in [-0.2, -0.15) is 0 Å². The van der Waals surface area contributed by atoms with Crippen molar-refractivity contribution >= 4 is 0 Å². The van der Waals surface area contributed by atoms with Crippen molar-refractivity contribution in [2.24, 2.45) is 5.92 Å². The van der Waals surface area contributed by atoms with Gasteiger partial charge in [0, 0.05) is 31.7 Å². The standard InChI is InChI=1S/C20H32N2O2/c1-2-8-17(9-3-1)20-12-19(24-21-20)15-22(13-16-6-4-7-16)14-18-10-5-11-23-18/h12,16-18H,1-11,13-15H2. The van der Waals surface area contributed by atoms with Crippen LogP contribution in [0.5, 0.6) is 0 Å². The van der Waals surface area contributed by atoms with Crippen molar-refractivity contribution < 1.29 is 9.26 Å². The van der Waals surface area contributed by atoms with E-state index >= 15 is 0 Å². The summed E-state index contributed by atoms with van der Waals surface area (Å²) in [5.74, 6) is 2.56. The Labute approximate surface area is 145 Å². The first-order valence-corrected chi connectivity index (χ1v) is 10.2. The Morgan fingerprint density at radius 3 is 2.54 bits per heavy atom. The number of rotatable bonds is 7. The molecule has 2 saturated carbocycles. The molecular formula is C20H32N2O2. The van der Waals surface area contributed by atoms with Gasteiger partial charge in [0.15, 0.2) is 5.76 Å². The minimum Gasteiger partial charge on any atom is -0.377 e. The van der Waals surface area contributed by atoms with Gasteiger partial charge < -0.3 is 9.26 Å². The highest BCUT2D eigenvalue weighted by Gasteiger charge is 2.26. The van der Waals surface area contributed by atoms with Gasteiger partial charge in [0.2, 0.25) is 0 Å². The molecule has 134 valence electrons. The van der Waals surface area contributed by atoms with E-state index < -0.39 is 0 Å². The van der Waals surface area contributed by atoms with Gasteiger partial charge in [-0.05, 0) is 44.4 Å². The first kappa shape index (κ1) is 16.6. The second kappa shape index (κ2) is 8.01. The smallest absolute Gasteiger partial charge is 0.150 e. The molecule has 3 fully saturated rings. The molecule has 4 rings (SSSR count). The van der Waals surface area contributed by atoms with Crippen LogP contribution in [0.25, 0.3) is 0 Å².